The number of rotatable bonds is 7. The second-order valence-corrected chi connectivity index (χ2v) is 6.38. The van der Waals surface area contributed by atoms with E-state index in [1.54, 1.807) is 16.7 Å². The zero-order chi connectivity index (χ0) is 15.2. The number of hydrogen-bond acceptors (Lipinski definition) is 4. The van der Waals surface area contributed by atoms with Crippen molar-refractivity contribution in [3.05, 3.63) is 11.6 Å². The molecule has 0 unspecified atom stereocenters. The largest absolute Gasteiger partial charge is 0.351 e. The summed E-state index contributed by atoms with van der Waals surface area (Å²) in [5.74, 6) is 2.81. The third-order valence-electron chi connectivity index (χ3n) is 3.83. The Kier molecular flexibility index (Phi) is 5.90. The Morgan fingerprint density at radius 2 is 2.33 bits per heavy atom. The summed E-state index contributed by atoms with van der Waals surface area (Å²) in [5, 5.41) is 4.64. The molecule has 1 aliphatic rings. The first kappa shape index (κ1) is 16.1. The number of unbranched alkanes of at least 4 members (excludes halogenated alkanes) is 1. The fraction of sp³-hybridized carbons (Fsp3) is 0.786. The summed E-state index contributed by atoms with van der Waals surface area (Å²) >= 11 is 1.79. The topological polar surface area (TPSA) is 77.0 Å². The Labute approximate surface area is 130 Å². The summed E-state index contributed by atoms with van der Waals surface area (Å²) in [6.07, 6.45) is 7.05. The van der Waals surface area contributed by atoms with Crippen molar-refractivity contribution in [1.82, 2.24) is 19.7 Å². The minimum Gasteiger partial charge on any atom is -0.351 e. The number of urea groups is 1. The monoisotopic (exact) mass is 311 g/mol. The first-order chi connectivity index (χ1) is 10.2. The first-order valence-corrected chi connectivity index (χ1v) is 9.05. The maximum Gasteiger partial charge on any atom is 0.315 e. The number of amides is 2. The summed E-state index contributed by atoms with van der Waals surface area (Å²) in [6.45, 7) is 3.75. The summed E-state index contributed by atoms with van der Waals surface area (Å²) < 4.78 is 1.99. The normalized spacial score (nSPS) is 18.4. The van der Waals surface area contributed by atoms with Gasteiger partial charge in [-0.25, -0.2) is 14.5 Å². The van der Waals surface area contributed by atoms with Crippen molar-refractivity contribution in [2.75, 3.05) is 18.6 Å². The van der Waals surface area contributed by atoms with Crippen LogP contribution in [0.3, 0.4) is 0 Å². The van der Waals surface area contributed by atoms with Gasteiger partial charge in [0, 0.05) is 25.3 Å². The number of carbonyl (C=O) groups is 1. The fourth-order valence-electron chi connectivity index (χ4n) is 2.72. The summed E-state index contributed by atoms with van der Waals surface area (Å²) in [4.78, 5) is 18.0. The molecule has 2 heterocycles. The summed E-state index contributed by atoms with van der Waals surface area (Å²) in [6, 6.07) is -0.358. The molecule has 1 saturated heterocycles. The van der Waals surface area contributed by atoms with Crippen LogP contribution in [0.1, 0.15) is 50.3 Å². The molecule has 1 aromatic rings. The average molecular weight is 311 g/mol. The summed E-state index contributed by atoms with van der Waals surface area (Å²) in [5.41, 5.74) is 5.49. The van der Waals surface area contributed by atoms with Crippen LogP contribution < -0.4 is 5.73 Å². The van der Waals surface area contributed by atoms with E-state index in [-0.39, 0.29) is 12.1 Å². The van der Waals surface area contributed by atoms with Crippen LogP contribution in [0.15, 0.2) is 0 Å². The maximum absolute atomic E-state index is 11.6. The highest BCUT2D eigenvalue weighted by atomic mass is 32.2. The molecule has 0 aromatic carbocycles. The van der Waals surface area contributed by atoms with Crippen molar-refractivity contribution in [1.29, 1.82) is 0 Å². The zero-order valence-electron chi connectivity index (χ0n) is 12.9. The molecule has 1 aromatic heterocycles. The molecule has 2 amide bonds. The van der Waals surface area contributed by atoms with E-state index in [9.17, 15) is 4.79 Å². The smallest absolute Gasteiger partial charge is 0.315 e. The van der Waals surface area contributed by atoms with Gasteiger partial charge in [-0.1, -0.05) is 13.3 Å². The fourth-order valence-corrected chi connectivity index (χ4v) is 3.11. The highest BCUT2D eigenvalue weighted by Crippen LogP contribution is 2.30. The lowest BCUT2D eigenvalue weighted by atomic mass is 10.2. The second-order valence-electron chi connectivity index (χ2n) is 5.40. The molecule has 2 rings (SSSR count). The highest BCUT2D eigenvalue weighted by molar-refractivity contribution is 7.98. The van der Waals surface area contributed by atoms with Crippen molar-refractivity contribution >= 4 is 17.8 Å². The SMILES string of the molecule is CCCCn1nc(CCSC)nc1[C@@H]1CCCN1C(N)=O. The van der Waals surface area contributed by atoms with Crippen LogP contribution in [-0.4, -0.2) is 44.2 Å². The minimum absolute atomic E-state index is 0.00474. The van der Waals surface area contributed by atoms with Crippen LogP contribution in [-0.2, 0) is 13.0 Å². The molecule has 118 valence electrons. The van der Waals surface area contributed by atoms with E-state index < -0.39 is 0 Å². The number of aromatic nitrogens is 3. The Morgan fingerprint density at radius 1 is 1.52 bits per heavy atom. The van der Waals surface area contributed by atoms with Crippen LogP contribution in [0.4, 0.5) is 4.79 Å². The Bertz CT molecular complexity index is 476. The molecule has 2 N–H and O–H groups in total. The van der Waals surface area contributed by atoms with Crippen molar-refractivity contribution in [3.63, 3.8) is 0 Å². The van der Waals surface area contributed by atoms with Gasteiger partial charge in [0.2, 0.25) is 0 Å². The third-order valence-corrected chi connectivity index (χ3v) is 4.44. The molecule has 21 heavy (non-hydrogen) atoms. The van der Waals surface area contributed by atoms with Crippen molar-refractivity contribution in [2.24, 2.45) is 5.73 Å². The van der Waals surface area contributed by atoms with E-state index in [4.69, 9.17) is 10.7 Å². The predicted molar refractivity (Wildman–Crippen MR) is 85.3 cm³/mol. The molecule has 6 nitrogen and oxygen atoms in total. The Balaban J connectivity index is 2.22. The van der Waals surface area contributed by atoms with Crippen molar-refractivity contribution < 1.29 is 4.79 Å². The molecule has 1 aliphatic heterocycles. The lowest BCUT2D eigenvalue weighted by Crippen LogP contribution is -2.36. The zero-order valence-corrected chi connectivity index (χ0v) is 13.7. The number of likely N-dealkylation sites (tertiary alicyclic amines) is 1. The van der Waals surface area contributed by atoms with Gasteiger partial charge in [0.05, 0.1) is 6.04 Å². The molecular formula is C14H25N5OS. The molecule has 7 heteroatoms. The highest BCUT2D eigenvalue weighted by Gasteiger charge is 2.32. The van der Waals surface area contributed by atoms with E-state index >= 15 is 0 Å². The first-order valence-electron chi connectivity index (χ1n) is 7.66. The Morgan fingerprint density at radius 3 is 3.00 bits per heavy atom. The van der Waals surface area contributed by atoms with Crippen LogP contribution in [0.25, 0.3) is 0 Å². The lowest BCUT2D eigenvalue weighted by molar-refractivity contribution is 0.199. The number of primary amides is 1. The number of aryl methyl sites for hydroxylation is 2. The third kappa shape index (κ3) is 3.90. The molecular weight excluding hydrogens is 286 g/mol. The number of nitrogens with two attached hydrogens (primary N) is 1. The predicted octanol–water partition coefficient (Wildman–Crippen LogP) is 2.20. The van der Waals surface area contributed by atoms with E-state index in [1.807, 2.05) is 4.68 Å². The molecule has 0 saturated carbocycles. The van der Waals surface area contributed by atoms with Gasteiger partial charge in [-0.3, -0.25) is 0 Å². The maximum atomic E-state index is 11.6. The number of nitrogens with zero attached hydrogens (tertiary/aromatic N) is 4. The van der Waals surface area contributed by atoms with Gasteiger partial charge in [0.25, 0.3) is 0 Å². The van der Waals surface area contributed by atoms with E-state index in [0.717, 1.165) is 62.6 Å². The molecule has 0 aliphatic carbocycles. The minimum atomic E-state index is -0.354. The standard InChI is InChI=1S/C14H25N5OS/c1-3-4-9-19-13(16-12(17-19)7-10-21-2)11-6-5-8-18(11)14(15)20/h11H,3-10H2,1-2H3,(H2,15,20)/t11-/m0/s1. The number of carbonyl (C=O) groups excluding carboxylic acids is 1. The summed E-state index contributed by atoms with van der Waals surface area (Å²) in [7, 11) is 0. The van der Waals surface area contributed by atoms with Gasteiger partial charge in [-0.05, 0) is 25.5 Å². The van der Waals surface area contributed by atoms with E-state index in [2.05, 4.69) is 18.3 Å². The molecule has 0 bridgehead atoms. The van der Waals surface area contributed by atoms with Crippen LogP contribution in [0.2, 0.25) is 0 Å². The van der Waals surface area contributed by atoms with Crippen molar-refractivity contribution in [2.45, 2.75) is 51.6 Å². The van der Waals surface area contributed by atoms with Gasteiger partial charge in [-0.2, -0.15) is 16.9 Å². The quantitative estimate of drug-likeness (QED) is 0.837. The van der Waals surface area contributed by atoms with Crippen LogP contribution >= 0.6 is 11.8 Å². The van der Waals surface area contributed by atoms with E-state index in [0.29, 0.717) is 0 Å². The van der Waals surface area contributed by atoms with Crippen LogP contribution in [0, 0.1) is 0 Å². The molecule has 1 atom stereocenters. The van der Waals surface area contributed by atoms with Gasteiger partial charge >= 0.3 is 6.03 Å². The Hall–Kier alpha value is -1.24. The van der Waals surface area contributed by atoms with E-state index in [1.165, 1.54) is 0 Å². The van der Waals surface area contributed by atoms with Gasteiger partial charge in [0.1, 0.15) is 5.82 Å². The second kappa shape index (κ2) is 7.68. The lowest BCUT2D eigenvalue weighted by Gasteiger charge is -2.22. The number of thioether (sulfide) groups is 1. The molecule has 0 radical (unpaired) electrons. The van der Waals surface area contributed by atoms with Crippen LogP contribution in [0.5, 0.6) is 0 Å². The van der Waals surface area contributed by atoms with Gasteiger partial charge in [0.15, 0.2) is 5.82 Å². The van der Waals surface area contributed by atoms with Gasteiger partial charge < -0.3 is 10.6 Å². The molecule has 1 fully saturated rings. The average Bonchev–Trinajstić information content (AvgIpc) is 3.09. The van der Waals surface area contributed by atoms with Crippen molar-refractivity contribution in [3.8, 4) is 0 Å². The van der Waals surface area contributed by atoms with Gasteiger partial charge in [-0.15, -0.1) is 0 Å². The number of hydrogen-bond donors (Lipinski definition) is 1. The molecule has 0 spiro atoms.